The fourth-order valence-corrected chi connectivity index (χ4v) is 5.83. The Morgan fingerprint density at radius 2 is 1.75 bits per heavy atom. The van der Waals surface area contributed by atoms with E-state index >= 15 is 0 Å². The van der Waals surface area contributed by atoms with Crippen LogP contribution in [0.1, 0.15) is 39.5 Å². The molecule has 6 rings (SSSR count). The summed E-state index contributed by atoms with van der Waals surface area (Å²) in [5.74, 6) is -0.313. The van der Waals surface area contributed by atoms with Crippen LogP contribution in [0.15, 0.2) is 97.2 Å². The van der Waals surface area contributed by atoms with Crippen molar-refractivity contribution in [1.29, 1.82) is 0 Å². The van der Waals surface area contributed by atoms with Gasteiger partial charge in [-0.15, -0.1) is 0 Å². The molecular formula is C29H23ClN2O4. The monoisotopic (exact) mass is 498 g/mol. The first kappa shape index (κ1) is 22.7. The molecule has 7 heteroatoms. The molecule has 3 N–H and O–H groups in total. The van der Waals surface area contributed by atoms with Gasteiger partial charge in [0, 0.05) is 34.5 Å². The number of carbonyl (C=O) groups is 1. The highest BCUT2D eigenvalue weighted by atomic mass is 35.5. The van der Waals surface area contributed by atoms with Gasteiger partial charge in [-0.1, -0.05) is 66.2 Å². The lowest BCUT2D eigenvalue weighted by molar-refractivity contribution is -0.149. The van der Waals surface area contributed by atoms with E-state index in [9.17, 15) is 15.0 Å². The van der Waals surface area contributed by atoms with Crippen LogP contribution in [0, 0.1) is 0 Å². The zero-order chi connectivity index (χ0) is 24.9. The molecule has 1 fully saturated rings. The van der Waals surface area contributed by atoms with Gasteiger partial charge in [-0.2, -0.15) is 0 Å². The van der Waals surface area contributed by atoms with E-state index in [-0.39, 0.29) is 17.5 Å². The SMILES string of the molecule is O=C(Nc1ccc2c(c1)O[C@]1(c3ccc(Cl)cc3)[C@@H](c3ccccc3)C[C@H](O)[C@]21O)c1ccccn1. The maximum atomic E-state index is 12.7. The van der Waals surface area contributed by atoms with Crippen LogP contribution < -0.4 is 10.1 Å². The molecule has 1 aromatic heterocycles. The lowest BCUT2D eigenvalue weighted by atomic mass is 9.71. The number of pyridine rings is 1. The summed E-state index contributed by atoms with van der Waals surface area (Å²) in [6, 6.07) is 27.1. The van der Waals surface area contributed by atoms with Crippen LogP contribution in [0.2, 0.25) is 5.02 Å². The molecule has 1 saturated carbocycles. The van der Waals surface area contributed by atoms with Crippen LogP contribution in [0.4, 0.5) is 5.69 Å². The summed E-state index contributed by atoms with van der Waals surface area (Å²) < 4.78 is 6.69. The van der Waals surface area contributed by atoms with Crippen LogP contribution in [0.25, 0.3) is 0 Å². The van der Waals surface area contributed by atoms with E-state index in [4.69, 9.17) is 16.3 Å². The van der Waals surface area contributed by atoms with Crippen molar-refractivity contribution in [2.45, 2.75) is 29.6 Å². The number of halogens is 1. The molecule has 0 radical (unpaired) electrons. The van der Waals surface area contributed by atoms with E-state index in [1.165, 1.54) is 0 Å². The Balaban J connectivity index is 1.47. The molecule has 2 aliphatic rings. The molecule has 3 aromatic carbocycles. The maximum Gasteiger partial charge on any atom is 0.274 e. The van der Waals surface area contributed by atoms with Crippen molar-refractivity contribution in [1.82, 2.24) is 4.98 Å². The summed E-state index contributed by atoms with van der Waals surface area (Å²) in [5.41, 5.74) is -0.130. The standard InChI is InChI=1S/C29H23ClN2O4/c30-20-11-9-19(10-12-20)29-23(18-6-2-1-3-7-18)17-26(33)28(29,35)22-14-13-21(16-25(22)36-29)32-27(34)24-8-4-5-15-31-24/h1-16,23,26,33,35H,17H2,(H,32,34)/t23-,26+,28-,29-/m1/s1. The molecule has 2 heterocycles. The first-order valence-electron chi connectivity index (χ1n) is 11.7. The minimum atomic E-state index is -1.72. The number of aromatic nitrogens is 1. The molecule has 36 heavy (non-hydrogen) atoms. The van der Waals surface area contributed by atoms with Crippen molar-refractivity contribution in [3.05, 3.63) is 125 Å². The molecule has 180 valence electrons. The van der Waals surface area contributed by atoms with Crippen LogP contribution in [0.5, 0.6) is 5.75 Å². The Labute approximate surface area is 213 Å². The Morgan fingerprint density at radius 3 is 2.47 bits per heavy atom. The van der Waals surface area contributed by atoms with E-state index in [1.807, 2.05) is 42.5 Å². The molecule has 4 aromatic rings. The fourth-order valence-electron chi connectivity index (χ4n) is 5.70. The van der Waals surface area contributed by atoms with Crippen molar-refractivity contribution < 1.29 is 19.7 Å². The summed E-state index contributed by atoms with van der Waals surface area (Å²) in [6.45, 7) is 0. The van der Waals surface area contributed by atoms with Gasteiger partial charge in [0.15, 0.2) is 11.2 Å². The number of fused-ring (bicyclic) bond motifs is 3. The van der Waals surface area contributed by atoms with Crippen LogP contribution in [-0.2, 0) is 11.2 Å². The molecule has 1 aliphatic heterocycles. The third kappa shape index (κ3) is 3.26. The average Bonchev–Trinajstić information content (AvgIpc) is 3.30. The highest BCUT2D eigenvalue weighted by Crippen LogP contribution is 2.66. The first-order chi connectivity index (χ1) is 17.4. The average molecular weight is 499 g/mol. The number of hydrogen-bond donors (Lipinski definition) is 3. The van der Waals surface area contributed by atoms with Crippen molar-refractivity contribution in [2.24, 2.45) is 0 Å². The van der Waals surface area contributed by atoms with Crippen LogP contribution in [0.3, 0.4) is 0 Å². The Bertz CT molecular complexity index is 1430. The second-order valence-electron chi connectivity index (χ2n) is 9.21. The molecule has 0 unspecified atom stereocenters. The second-order valence-corrected chi connectivity index (χ2v) is 9.64. The molecule has 6 nitrogen and oxygen atoms in total. The number of carbonyl (C=O) groups excluding carboxylic acids is 1. The first-order valence-corrected chi connectivity index (χ1v) is 12.1. The lowest BCUT2D eigenvalue weighted by Crippen LogP contribution is -2.51. The van der Waals surface area contributed by atoms with Crippen LogP contribution >= 0.6 is 11.6 Å². The van der Waals surface area contributed by atoms with Crippen molar-refractivity contribution in [3.63, 3.8) is 0 Å². The van der Waals surface area contributed by atoms with E-state index in [1.54, 1.807) is 54.7 Å². The fraction of sp³-hybridized carbons (Fsp3) is 0.172. The smallest absolute Gasteiger partial charge is 0.274 e. The molecule has 4 atom stereocenters. The van der Waals surface area contributed by atoms with Gasteiger partial charge in [-0.25, -0.2) is 0 Å². The Kier molecular flexibility index (Phi) is 5.34. The Hall–Kier alpha value is -3.71. The third-order valence-electron chi connectivity index (χ3n) is 7.29. The van der Waals surface area contributed by atoms with Crippen LogP contribution in [-0.4, -0.2) is 27.2 Å². The number of aliphatic hydroxyl groups excluding tert-OH is 1. The van der Waals surface area contributed by atoms with E-state index in [2.05, 4.69) is 10.3 Å². The number of aliphatic hydroxyl groups is 2. The number of benzene rings is 3. The van der Waals surface area contributed by atoms with Crippen molar-refractivity contribution >= 4 is 23.2 Å². The summed E-state index contributed by atoms with van der Waals surface area (Å²) >= 11 is 6.19. The topological polar surface area (TPSA) is 91.7 Å². The zero-order valence-corrected chi connectivity index (χ0v) is 19.9. The molecule has 1 aliphatic carbocycles. The van der Waals surface area contributed by atoms with E-state index in [0.29, 0.717) is 34.0 Å². The zero-order valence-electron chi connectivity index (χ0n) is 19.1. The molecule has 0 bridgehead atoms. The number of anilines is 1. The predicted octanol–water partition coefficient (Wildman–Crippen LogP) is 5.01. The minimum absolute atomic E-state index is 0.284. The maximum absolute atomic E-state index is 12.7. The quantitative estimate of drug-likeness (QED) is 0.368. The summed E-state index contributed by atoms with van der Waals surface area (Å²) in [5, 5.41) is 27.0. The van der Waals surface area contributed by atoms with Gasteiger partial charge >= 0.3 is 0 Å². The van der Waals surface area contributed by atoms with Gasteiger partial charge in [0.2, 0.25) is 0 Å². The predicted molar refractivity (Wildman–Crippen MR) is 136 cm³/mol. The van der Waals surface area contributed by atoms with Gasteiger partial charge in [-0.3, -0.25) is 9.78 Å². The summed E-state index contributed by atoms with van der Waals surface area (Å²) in [6.07, 6.45) is 0.771. The van der Waals surface area contributed by atoms with Crippen molar-refractivity contribution in [2.75, 3.05) is 5.32 Å². The highest BCUT2D eigenvalue weighted by molar-refractivity contribution is 6.30. The normalized spacial score (nSPS) is 26.1. The summed E-state index contributed by atoms with van der Waals surface area (Å²) in [7, 11) is 0. The number of amides is 1. The van der Waals surface area contributed by atoms with E-state index < -0.39 is 17.3 Å². The number of rotatable bonds is 4. The number of nitrogens with zero attached hydrogens (tertiary/aromatic N) is 1. The largest absolute Gasteiger partial charge is 0.478 e. The Morgan fingerprint density at radius 1 is 1.00 bits per heavy atom. The highest BCUT2D eigenvalue weighted by Gasteiger charge is 2.72. The van der Waals surface area contributed by atoms with Gasteiger partial charge < -0.3 is 20.3 Å². The number of nitrogens with one attached hydrogen (secondary N) is 1. The van der Waals surface area contributed by atoms with Gasteiger partial charge in [0.1, 0.15) is 11.4 Å². The number of ether oxygens (including phenoxy) is 1. The van der Waals surface area contributed by atoms with E-state index in [0.717, 1.165) is 5.56 Å². The second kappa shape index (κ2) is 8.45. The summed E-state index contributed by atoms with van der Waals surface area (Å²) in [4.78, 5) is 16.8. The van der Waals surface area contributed by atoms with Gasteiger partial charge in [0.25, 0.3) is 5.91 Å². The molecule has 1 amide bonds. The molecule has 0 spiro atoms. The molecular weight excluding hydrogens is 476 g/mol. The molecule has 0 saturated heterocycles. The van der Waals surface area contributed by atoms with Gasteiger partial charge in [0.05, 0.1) is 6.10 Å². The minimum Gasteiger partial charge on any atom is -0.478 e. The van der Waals surface area contributed by atoms with Crippen molar-refractivity contribution in [3.8, 4) is 5.75 Å². The van der Waals surface area contributed by atoms with Gasteiger partial charge in [-0.05, 0) is 47.9 Å². The number of hydrogen-bond acceptors (Lipinski definition) is 5. The third-order valence-corrected chi connectivity index (χ3v) is 7.54. The lowest BCUT2D eigenvalue weighted by Gasteiger charge is -2.40.